The maximum atomic E-state index is 12.3. The van der Waals surface area contributed by atoms with E-state index in [0.29, 0.717) is 18.4 Å². The number of carbonyl (C=O) groups excluding carboxylic acids is 4. The Hall–Kier alpha value is -3.54. The molecule has 36 heavy (non-hydrogen) atoms. The standard InChI is InChI=1S/C24H35NO11/c1-5-7-11-31-23(28)35-19-10-9-17(14-20(19)36-24(29)32-12-8-6-2)13-18(25)21(26)34-16(3)15-33-22(27)30-4/h9-10,14,16,18H,5-8,11-13,15,25H2,1-4H3/t16-,18-/m0/s1. The lowest BCUT2D eigenvalue weighted by Crippen LogP contribution is -2.37. The van der Waals surface area contributed by atoms with Crippen molar-refractivity contribution >= 4 is 24.4 Å². The quantitative estimate of drug-likeness (QED) is 0.166. The number of ether oxygens (including phenoxy) is 7. The molecule has 0 aliphatic rings. The van der Waals surface area contributed by atoms with E-state index in [2.05, 4.69) is 4.74 Å². The third-order valence-corrected chi connectivity index (χ3v) is 4.51. The van der Waals surface area contributed by atoms with Crippen molar-refractivity contribution in [1.82, 2.24) is 0 Å². The van der Waals surface area contributed by atoms with E-state index in [1.165, 1.54) is 19.1 Å². The van der Waals surface area contributed by atoms with Crippen molar-refractivity contribution in [3.8, 4) is 11.5 Å². The number of rotatable bonds is 14. The first-order valence-corrected chi connectivity index (χ1v) is 11.7. The molecule has 1 aromatic carbocycles. The van der Waals surface area contributed by atoms with Crippen LogP contribution in [-0.4, -0.2) is 63.5 Å². The molecular formula is C24H35NO11. The van der Waals surface area contributed by atoms with Crippen molar-refractivity contribution in [1.29, 1.82) is 0 Å². The summed E-state index contributed by atoms with van der Waals surface area (Å²) in [6.07, 6.45) is -0.608. The topological polar surface area (TPSA) is 159 Å². The molecule has 0 saturated heterocycles. The molecule has 0 spiro atoms. The molecule has 0 aliphatic heterocycles. The maximum Gasteiger partial charge on any atom is 0.513 e. The molecule has 0 aliphatic carbocycles. The van der Waals surface area contributed by atoms with Gasteiger partial charge in [0.15, 0.2) is 11.5 Å². The summed E-state index contributed by atoms with van der Waals surface area (Å²) in [5.74, 6) is -0.920. The number of benzene rings is 1. The Morgan fingerprint density at radius 1 is 0.861 bits per heavy atom. The van der Waals surface area contributed by atoms with Gasteiger partial charge >= 0.3 is 24.4 Å². The van der Waals surface area contributed by atoms with E-state index < -0.39 is 36.6 Å². The van der Waals surface area contributed by atoms with Crippen LogP contribution in [0, 0.1) is 0 Å². The van der Waals surface area contributed by atoms with Crippen LogP contribution in [0.5, 0.6) is 11.5 Å². The molecular weight excluding hydrogens is 478 g/mol. The van der Waals surface area contributed by atoms with E-state index in [-0.39, 0.29) is 37.7 Å². The Labute approximate surface area is 210 Å². The minimum atomic E-state index is -1.08. The average molecular weight is 514 g/mol. The zero-order valence-corrected chi connectivity index (χ0v) is 21.1. The molecule has 0 heterocycles. The van der Waals surface area contributed by atoms with Gasteiger partial charge < -0.3 is 38.9 Å². The van der Waals surface area contributed by atoms with Crippen LogP contribution in [0.15, 0.2) is 18.2 Å². The molecule has 12 heteroatoms. The number of nitrogens with two attached hydrogens (primary N) is 1. The van der Waals surface area contributed by atoms with Crippen molar-refractivity contribution < 1.29 is 52.3 Å². The Bertz CT molecular complexity index is 858. The van der Waals surface area contributed by atoms with Gasteiger partial charge in [0.1, 0.15) is 18.8 Å². The van der Waals surface area contributed by atoms with Crippen LogP contribution in [0.2, 0.25) is 0 Å². The average Bonchev–Trinajstić information content (AvgIpc) is 2.84. The Kier molecular flexibility index (Phi) is 14.4. The molecule has 0 radical (unpaired) electrons. The van der Waals surface area contributed by atoms with Crippen LogP contribution in [0.3, 0.4) is 0 Å². The van der Waals surface area contributed by atoms with Crippen LogP contribution in [-0.2, 0) is 34.9 Å². The molecule has 0 bridgehead atoms. The van der Waals surface area contributed by atoms with Gasteiger partial charge in [-0.2, -0.15) is 0 Å². The highest BCUT2D eigenvalue weighted by molar-refractivity contribution is 5.76. The summed E-state index contributed by atoms with van der Waals surface area (Å²) in [6.45, 7) is 5.55. The summed E-state index contributed by atoms with van der Waals surface area (Å²) in [6, 6.07) is 3.24. The first-order valence-electron chi connectivity index (χ1n) is 11.7. The number of unbranched alkanes of at least 4 members (excludes halogenated alkanes) is 2. The van der Waals surface area contributed by atoms with E-state index in [9.17, 15) is 19.2 Å². The largest absolute Gasteiger partial charge is 0.513 e. The van der Waals surface area contributed by atoms with Crippen LogP contribution in [0.1, 0.15) is 52.0 Å². The molecule has 1 aromatic rings. The zero-order valence-electron chi connectivity index (χ0n) is 21.1. The molecule has 0 unspecified atom stereocenters. The fourth-order valence-corrected chi connectivity index (χ4v) is 2.58. The predicted octanol–water partition coefficient (Wildman–Crippen LogP) is 3.90. The second-order valence-corrected chi connectivity index (χ2v) is 7.71. The van der Waals surface area contributed by atoms with E-state index in [0.717, 1.165) is 20.0 Å². The number of hydrogen-bond acceptors (Lipinski definition) is 12. The van der Waals surface area contributed by atoms with Crippen LogP contribution >= 0.6 is 0 Å². The van der Waals surface area contributed by atoms with Gasteiger partial charge in [-0.25, -0.2) is 14.4 Å². The fraction of sp³-hybridized carbons (Fsp3) is 0.583. The maximum absolute atomic E-state index is 12.3. The Morgan fingerprint density at radius 3 is 2.00 bits per heavy atom. The van der Waals surface area contributed by atoms with Crippen molar-refractivity contribution in [3.05, 3.63) is 23.8 Å². The number of hydrogen-bond donors (Lipinski definition) is 1. The molecule has 2 N–H and O–H groups in total. The summed E-state index contributed by atoms with van der Waals surface area (Å²) in [5, 5.41) is 0. The first kappa shape index (κ1) is 30.5. The lowest BCUT2D eigenvalue weighted by Gasteiger charge is -2.17. The third kappa shape index (κ3) is 12.2. The van der Waals surface area contributed by atoms with Crippen molar-refractivity contribution in [2.75, 3.05) is 26.9 Å². The normalized spacial score (nSPS) is 12.0. The minimum absolute atomic E-state index is 0.00583. The molecule has 12 nitrogen and oxygen atoms in total. The Balaban J connectivity index is 2.87. The van der Waals surface area contributed by atoms with E-state index >= 15 is 0 Å². The molecule has 0 saturated carbocycles. The highest BCUT2D eigenvalue weighted by Gasteiger charge is 2.22. The summed E-state index contributed by atoms with van der Waals surface area (Å²) in [4.78, 5) is 47.4. The SMILES string of the molecule is CCCCOC(=O)Oc1ccc(C[C@H](N)C(=O)O[C@@H](C)COC(=O)OC)cc1OC(=O)OCCCC. The summed E-state index contributed by atoms with van der Waals surface area (Å²) >= 11 is 0. The van der Waals surface area contributed by atoms with E-state index in [4.69, 9.17) is 34.2 Å². The van der Waals surface area contributed by atoms with Gasteiger partial charge in [0, 0.05) is 0 Å². The number of carbonyl (C=O) groups is 4. The smallest absolute Gasteiger partial charge is 0.458 e. The van der Waals surface area contributed by atoms with Gasteiger partial charge in [0.2, 0.25) is 0 Å². The van der Waals surface area contributed by atoms with E-state index in [1.807, 2.05) is 13.8 Å². The lowest BCUT2D eigenvalue weighted by atomic mass is 10.1. The molecule has 0 aromatic heterocycles. The lowest BCUT2D eigenvalue weighted by molar-refractivity contribution is -0.152. The highest BCUT2D eigenvalue weighted by Crippen LogP contribution is 2.30. The zero-order chi connectivity index (χ0) is 26.9. The van der Waals surface area contributed by atoms with Gasteiger partial charge in [0.25, 0.3) is 0 Å². The second-order valence-electron chi connectivity index (χ2n) is 7.71. The van der Waals surface area contributed by atoms with Gasteiger partial charge in [-0.15, -0.1) is 0 Å². The van der Waals surface area contributed by atoms with Crippen molar-refractivity contribution in [2.24, 2.45) is 5.73 Å². The summed E-state index contributed by atoms with van der Waals surface area (Å²) < 4.78 is 34.6. The minimum Gasteiger partial charge on any atom is -0.458 e. The van der Waals surface area contributed by atoms with Gasteiger partial charge in [-0.05, 0) is 43.9 Å². The van der Waals surface area contributed by atoms with Gasteiger partial charge in [0.05, 0.1) is 20.3 Å². The van der Waals surface area contributed by atoms with Crippen LogP contribution in [0.4, 0.5) is 14.4 Å². The number of methoxy groups -OCH3 is 1. The summed E-state index contributed by atoms with van der Waals surface area (Å²) in [7, 11) is 1.16. The number of esters is 1. The van der Waals surface area contributed by atoms with Gasteiger partial charge in [-0.3, -0.25) is 4.79 Å². The second kappa shape index (κ2) is 17.0. The van der Waals surface area contributed by atoms with Crippen molar-refractivity contribution in [2.45, 2.75) is 65.0 Å². The molecule has 2 atom stereocenters. The van der Waals surface area contributed by atoms with E-state index in [1.54, 1.807) is 6.07 Å². The van der Waals surface area contributed by atoms with Crippen LogP contribution in [0.25, 0.3) is 0 Å². The van der Waals surface area contributed by atoms with Crippen LogP contribution < -0.4 is 15.2 Å². The molecule has 202 valence electrons. The van der Waals surface area contributed by atoms with Crippen molar-refractivity contribution in [3.63, 3.8) is 0 Å². The monoisotopic (exact) mass is 513 g/mol. The Morgan fingerprint density at radius 2 is 1.44 bits per heavy atom. The molecule has 0 amide bonds. The molecule has 0 fully saturated rings. The van der Waals surface area contributed by atoms with Gasteiger partial charge in [-0.1, -0.05) is 32.8 Å². The predicted molar refractivity (Wildman–Crippen MR) is 126 cm³/mol. The first-order chi connectivity index (χ1) is 17.2. The fourth-order valence-electron chi connectivity index (χ4n) is 2.58. The molecule has 1 rings (SSSR count). The summed E-state index contributed by atoms with van der Waals surface area (Å²) in [5.41, 5.74) is 6.44. The third-order valence-electron chi connectivity index (χ3n) is 4.51. The highest BCUT2D eigenvalue weighted by atomic mass is 16.7.